The van der Waals surface area contributed by atoms with Gasteiger partial charge in [0.1, 0.15) is 0 Å². The molecule has 1 aliphatic heterocycles. The number of rotatable bonds is 5. The lowest BCUT2D eigenvalue weighted by Crippen LogP contribution is -2.45. The van der Waals surface area contributed by atoms with Crippen LogP contribution in [0.4, 0.5) is 5.69 Å². The second-order valence-electron chi connectivity index (χ2n) is 8.56. The molecule has 2 aliphatic rings. The number of hydrogen-bond acceptors (Lipinski definition) is 5. The number of amides is 3. The van der Waals surface area contributed by atoms with Gasteiger partial charge >= 0.3 is 5.97 Å². The maximum absolute atomic E-state index is 12.6. The maximum Gasteiger partial charge on any atom is 0.338 e. The first-order chi connectivity index (χ1) is 15.4. The van der Waals surface area contributed by atoms with Gasteiger partial charge in [-0.15, -0.1) is 0 Å². The molecule has 32 heavy (non-hydrogen) atoms. The van der Waals surface area contributed by atoms with E-state index in [1.54, 1.807) is 24.3 Å². The Kier molecular flexibility index (Phi) is 6.08. The van der Waals surface area contributed by atoms with Gasteiger partial charge in [-0.1, -0.05) is 38.8 Å². The Hall–Kier alpha value is -3.48. The minimum atomic E-state index is -0.640. The fraction of sp³-hybridized carbons (Fsp3) is 0.360. The summed E-state index contributed by atoms with van der Waals surface area (Å²) in [5.74, 6) is -0.811. The molecule has 3 amide bonds. The monoisotopic (exact) mass is 434 g/mol. The summed E-state index contributed by atoms with van der Waals surface area (Å²) in [6.07, 6.45) is 3.18. The molecule has 0 radical (unpaired) electrons. The standard InChI is InChI=1S/C25H26N2O5/c1-15-6-5-9-21(16(15)2)26-22(28)14-32-25(31)17-10-12-18(13-11-17)27-23(29)19-7-3-4-8-20(19)24(27)30/h3-4,7-8,10-13,15-16,21H,5-6,9,14H2,1-2H3,(H,26,28). The lowest BCUT2D eigenvalue weighted by Gasteiger charge is -2.34. The number of carbonyl (C=O) groups excluding carboxylic acids is 4. The van der Waals surface area contributed by atoms with Gasteiger partial charge in [0.05, 0.1) is 22.4 Å². The minimum Gasteiger partial charge on any atom is -0.452 e. The third kappa shape index (κ3) is 4.15. The summed E-state index contributed by atoms with van der Waals surface area (Å²) in [6, 6.07) is 12.7. The molecule has 7 heteroatoms. The molecular formula is C25H26N2O5. The number of fused-ring (bicyclic) bond motifs is 1. The Labute approximate surface area is 186 Å². The summed E-state index contributed by atoms with van der Waals surface area (Å²) in [5, 5.41) is 2.97. The highest BCUT2D eigenvalue weighted by molar-refractivity contribution is 6.34. The summed E-state index contributed by atoms with van der Waals surface area (Å²) < 4.78 is 5.15. The Balaban J connectivity index is 1.34. The third-order valence-corrected chi connectivity index (χ3v) is 6.54. The van der Waals surface area contributed by atoms with E-state index in [-0.39, 0.29) is 24.1 Å². The van der Waals surface area contributed by atoms with Gasteiger partial charge in [0, 0.05) is 6.04 Å². The van der Waals surface area contributed by atoms with Crippen molar-refractivity contribution >= 4 is 29.4 Å². The quantitative estimate of drug-likeness (QED) is 0.574. The molecule has 1 heterocycles. The highest BCUT2D eigenvalue weighted by Gasteiger charge is 2.36. The van der Waals surface area contributed by atoms with Gasteiger partial charge in [-0.2, -0.15) is 0 Å². The average Bonchev–Trinajstić information content (AvgIpc) is 3.06. The molecule has 0 saturated heterocycles. The van der Waals surface area contributed by atoms with Crippen molar-refractivity contribution in [2.24, 2.45) is 11.8 Å². The smallest absolute Gasteiger partial charge is 0.338 e. The number of hydrogen-bond donors (Lipinski definition) is 1. The van der Waals surface area contributed by atoms with Gasteiger partial charge in [-0.05, 0) is 54.7 Å². The summed E-state index contributed by atoms with van der Waals surface area (Å²) >= 11 is 0. The van der Waals surface area contributed by atoms with Gasteiger partial charge in [0.15, 0.2) is 6.61 Å². The van der Waals surface area contributed by atoms with Crippen molar-refractivity contribution in [2.75, 3.05) is 11.5 Å². The van der Waals surface area contributed by atoms with Crippen LogP contribution in [-0.2, 0) is 9.53 Å². The highest BCUT2D eigenvalue weighted by atomic mass is 16.5. The summed E-state index contributed by atoms with van der Waals surface area (Å²) in [6.45, 7) is 3.97. The van der Waals surface area contributed by atoms with Crippen molar-refractivity contribution in [3.05, 3.63) is 65.2 Å². The SMILES string of the molecule is CC1CCCC(NC(=O)COC(=O)c2ccc(N3C(=O)c4ccccc4C3=O)cc2)C1C. The zero-order valence-electron chi connectivity index (χ0n) is 18.2. The first kappa shape index (κ1) is 21.7. The molecule has 3 unspecified atom stereocenters. The number of ether oxygens (including phenoxy) is 1. The fourth-order valence-corrected chi connectivity index (χ4v) is 4.42. The number of imide groups is 1. The fourth-order valence-electron chi connectivity index (χ4n) is 4.42. The van der Waals surface area contributed by atoms with Gasteiger partial charge in [0.2, 0.25) is 0 Å². The van der Waals surface area contributed by atoms with Gasteiger partial charge in [-0.25, -0.2) is 9.69 Å². The van der Waals surface area contributed by atoms with E-state index < -0.39 is 17.8 Å². The van der Waals surface area contributed by atoms with E-state index >= 15 is 0 Å². The van der Waals surface area contributed by atoms with Gasteiger partial charge < -0.3 is 10.1 Å². The molecule has 1 fully saturated rings. The number of nitrogens with zero attached hydrogens (tertiary/aromatic N) is 1. The number of nitrogens with one attached hydrogen (secondary N) is 1. The normalized spacial score (nSPS) is 22.4. The predicted octanol–water partition coefficient (Wildman–Crippen LogP) is 3.58. The van der Waals surface area contributed by atoms with Crippen LogP contribution < -0.4 is 10.2 Å². The number of carbonyl (C=O) groups is 4. The molecule has 7 nitrogen and oxygen atoms in total. The topological polar surface area (TPSA) is 92.8 Å². The summed E-state index contributed by atoms with van der Waals surface area (Å²) in [5.41, 5.74) is 1.31. The summed E-state index contributed by atoms with van der Waals surface area (Å²) in [7, 11) is 0. The third-order valence-electron chi connectivity index (χ3n) is 6.54. The van der Waals surface area contributed by atoms with Crippen LogP contribution in [0.3, 0.4) is 0 Å². The number of benzene rings is 2. The Morgan fingerprint density at radius 3 is 2.22 bits per heavy atom. The van der Waals surface area contributed by atoms with Crippen LogP contribution in [-0.4, -0.2) is 36.3 Å². The highest BCUT2D eigenvalue weighted by Crippen LogP contribution is 2.30. The second kappa shape index (κ2) is 8.94. The van der Waals surface area contributed by atoms with Gasteiger partial charge in [-0.3, -0.25) is 14.4 Å². The van der Waals surface area contributed by atoms with Crippen molar-refractivity contribution in [2.45, 2.75) is 39.2 Å². The van der Waals surface area contributed by atoms with E-state index in [1.165, 1.54) is 30.7 Å². The number of anilines is 1. The largest absolute Gasteiger partial charge is 0.452 e. The molecule has 2 aromatic carbocycles. The maximum atomic E-state index is 12.6. The van der Waals surface area contributed by atoms with E-state index in [4.69, 9.17) is 4.74 Å². The zero-order valence-corrected chi connectivity index (χ0v) is 18.2. The number of esters is 1. The second-order valence-corrected chi connectivity index (χ2v) is 8.56. The average molecular weight is 434 g/mol. The van der Waals surface area contributed by atoms with E-state index in [0.29, 0.717) is 28.7 Å². The molecule has 166 valence electrons. The Morgan fingerprint density at radius 2 is 1.59 bits per heavy atom. The van der Waals surface area contributed by atoms with Crippen LogP contribution in [0.1, 0.15) is 64.2 Å². The molecule has 4 rings (SSSR count). The van der Waals surface area contributed by atoms with E-state index in [1.807, 2.05) is 0 Å². The van der Waals surface area contributed by atoms with E-state index in [0.717, 1.165) is 17.7 Å². The molecule has 0 spiro atoms. The molecule has 2 aromatic rings. The molecule has 3 atom stereocenters. The zero-order chi connectivity index (χ0) is 22.8. The molecular weight excluding hydrogens is 408 g/mol. The van der Waals surface area contributed by atoms with Crippen molar-refractivity contribution < 1.29 is 23.9 Å². The molecule has 1 saturated carbocycles. The molecule has 1 aliphatic carbocycles. The predicted molar refractivity (Wildman–Crippen MR) is 118 cm³/mol. The van der Waals surface area contributed by atoms with Crippen LogP contribution in [0.2, 0.25) is 0 Å². The first-order valence-electron chi connectivity index (χ1n) is 10.9. The first-order valence-corrected chi connectivity index (χ1v) is 10.9. The molecule has 1 N–H and O–H groups in total. The van der Waals surface area contributed by atoms with Crippen LogP contribution >= 0.6 is 0 Å². The minimum absolute atomic E-state index is 0.101. The van der Waals surface area contributed by atoms with Crippen molar-refractivity contribution in [3.63, 3.8) is 0 Å². The van der Waals surface area contributed by atoms with Crippen LogP contribution in [0.15, 0.2) is 48.5 Å². The lowest BCUT2D eigenvalue weighted by molar-refractivity contribution is -0.125. The van der Waals surface area contributed by atoms with Crippen LogP contribution in [0, 0.1) is 11.8 Å². The Morgan fingerprint density at radius 1 is 0.969 bits per heavy atom. The van der Waals surface area contributed by atoms with Crippen molar-refractivity contribution in [1.29, 1.82) is 0 Å². The summed E-state index contributed by atoms with van der Waals surface area (Å²) in [4.78, 5) is 50.8. The Bertz CT molecular complexity index is 1030. The lowest BCUT2D eigenvalue weighted by atomic mass is 9.78. The molecule has 0 aromatic heterocycles. The van der Waals surface area contributed by atoms with Crippen LogP contribution in [0.5, 0.6) is 0 Å². The van der Waals surface area contributed by atoms with Crippen molar-refractivity contribution in [3.8, 4) is 0 Å². The molecule has 0 bridgehead atoms. The van der Waals surface area contributed by atoms with E-state index in [9.17, 15) is 19.2 Å². The van der Waals surface area contributed by atoms with Crippen molar-refractivity contribution in [1.82, 2.24) is 5.32 Å². The van der Waals surface area contributed by atoms with E-state index in [2.05, 4.69) is 19.2 Å². The van der Waals surface area contributed by atoms with Gasteiger partial charge in [0.25, 0.3) is 17.7 Å². The van der Waals surface area contributed by atoms with Crippen LogP contribution in [0.25, 0.3) is 0 Å².